The van der Waals surface area contributed by atoms with Crippen LogP contribution in [0.1, 0.15) is 36.8 Å². The molecule has 1 aromatic rings. The average Bonchev–Trinajstić information content (AvgIpc) is 2.15. The molecular weight excluding hydrogens is 172 g/mol. The van der Waals surface area contributed by atoms with E-state index in [2.05, 4.69) is 18.2 Å². The van der Waals surface area contributed by atoms with E-state index in [1.165, 1.54) is 11.1 Å². The summed E-state index contributed by atoms with van der Waals surface area (Å²) in [6.07, 6.45) is 5.61. The van der Waals surface area contributed by atoms with Gasteiger partial charge in [-0.3, -0.25) is 4.79 Å². The molecule has 0 amide bonds. The molecular formula is C13H14O. The second-order valence-electron chi connectivity index (χ2n) is 3.77. The van der Waals surface area contributed by atoms with Gasteiger partial charge in [-0.1, -0.05) is 36.4 Å². The fourth-order valence-electron chi connectivity index (χ4n) is 1.92. The molecule has 1 aliphatic rings. The lowest BCUT2D eigenvalue weighted by Gasteiger charge is -2.25. The van der Waals surface area contributed by atoms with Crippen molar-refractivity contribution in [3.05, 3.63) is 41.5 Å². The van der Waals surface area contributed by atoms with Gasteiger partial charge in [-0.25, -0.2) is 0 Å². The van der Waals surface area contributed by atoms with Crippen LogP contribution in [0.3, 0.4) is 0 Å². The summed E-state index contributed by atoms with van der Waals surface area (Å²) >= 11 is 0. The average molecular weight is 186 g/mol. The highest BCUT2D eigenvalue weighted by atomic mass is 16.1. The van der Waals surface area contributed by atoms with Gasteiger partial charge in [0.05, 0.1) is 0 Å². The van der Waals surface area contributed by atoms with Crippen LogP contribution in [-0.2, 0) is 4.79 Å². The number of carbonyl (C=O) groups is 1. The summed E-state index contributed by atoms with van der Waals surface area (Å²) in [6.45, 7) is 2.02. The normalized spacial score (nSPS) is 17.4. The Labute approximate surface area is 84.5 Å². The molecule has 1 saturated carbocycles. The predicted octanol–water partition coefficient (Wildman–Crippen LogP) is 3.17. The van der Waals surface area contributed by atoms with Crippen molar-refractivity contribution in [3.8, 4) is 0 Å². The minimum absolute atomic E-state index is 0.394. The number of Topliss-reactive ketones (excluding diaryl/α,β-unsaturated/α-hetero) is 1. The first kappa shape index (κ1) is 9.20. The molecule has 0 heterocycles. The highest BCUT2D eigenvalue weighted by Crippen LogP contribution is 2.35. The van der Waals surface area contributed by atoms with E-state index in [-0.39, 0.29) is 0 Å². The third-order valence-electron chi connectivity index (χ3n) is 2.73. The molecule has 0 saturated heterocycles. The molecule has 1 nitrogen and oxygen atoms in total. The summed E-state index contributed by atoms with van der Waals surface area (Å²) in [7, 11) is 0. The van der Waals surface area contributed by atoms with Crippen molar-refractivity contribution < 1.29 is 4.79 Å². The van der Waals surface area contributed by atoms with Gasteiger partial charge in [0.25, 0.3) is 0 Å². The molecule has 0 aliphatic heterocycles. The van der Waals surface area contributed by atoms with Gasteiger partial charge in [0, 0.05) is 12.8 Å². The molecule has 0 bridgehead atoms. The van der Waals surface area contributed by atoms with Crippen molar-refractivity contribution in [1.82, 2.24) is 0 Å². The summed E-state index contributed by atoms with van der Waals surface area (Å²) in [5.41, 5.74) is 2.58. The lowest BCUT2D eigenvalue weighted by Crippen LogP contribution is -2.21. The van der Waals surface area contributed by atoms with Crippen LogP contribution in [0.4, 0.5) is 0 Å². The molecule has 0 N–H and O–H groups in total. The summed E-state index contributed by atoms with van der Waals surface area (Å²) < 4.78 is 0. The Morgan fingerprint density at radius 2 is 2.00 bits per heavy atom. The first-order chi connectivity index (χ1) is 6.81. The number of rotatable bonds is 2. The number of carbonyl (C=O) groups excluding carboxylic acids is 1. The smallest absolute Gasteiger partial charge is 0.134 e. The van der Waals surface area contributed by atoms with E-state index in [1.54, 1.807) is 0 Å². The Balaban J connectivity index is 2.27. The molecule has 0 spiro atoms. The number of hydrogen-bond acceptors (Lipinski definition) is 1. The Hall–Kier alpha value is -1.37. The van der Waals surface area contributed by atoms with E-state index in [4.69, 9.17) is 0 Å². The van der Waals surface area contributed by atoms with E-state index < -0.39 is 0 Å². The maximum atomic E-state index is 10.9. The van der Waals surface area contributed by atoms with Gasteiger partial charge >= 0.3 is 0 Å². The van der Waals surface area contributed by atoms with Crippen LogP contribution in [0.15, 0.2) is 30.3 Å². The monoisotopic (exact) mass is 186 g/mol. The van der Waals surface area contributed by atoms with Crippen LogP contribution in [0, 0.1) is 0 Å². The highest BCUT2D eigenvalue weighted by Gasteiger charge is 2.28. The standard InChI is InChI=1S/C13H14O/c1-2-5-10-6-3-4-7-13(10)11-8-12(14)9-11/h2-7,11H,8-9H2,1H3/b5-2+. The SMILES string of the molecule is C/C=C/c1ccccc1C1CC(=O)C1. The summed E-state index contributed by atoms with van der Waals surface area (Å²) in [5.74, 6) is 0.861. The van der Waals surface area contributed by atoms with Gasteiger partial charge in [-0.05, 0) is 24.0 Å². The third-order valence-corrected chi connectivity index (χ3v) is 2.73. The fourth-order valence-corrected chi connectivity index (χ4v) is 1.92. The third kappa shape index (κ3) is 1.63. The van der Waals surface area contributed by atoms with Crippen molar-refractivity contribution in [2.24, 2.45) is 0 Å². The fraction of sp³-hybridized carbons (Fsp3) is 0.308. The van der Waals surface area contributed by atoms with E-state index in [1.807, 2.05) is 25.1 Å². The molecule has 1 fully saturated rings. The Kier molecular flexibility index (Phi) is 2.49. The van der Waals surface area contributed by atoms with Crippen LogP contribution >= 0.6 is 0 Å². The van der Waals surface area contributed by atoms with Crippen LogP contribution < -0.4 is 0 Å². The molecule has 1 aliphatic carbocycles. The van der Waals surface area contributed by atoms with E-state index in [0.29, 0.717) is 11.7 Å². The molecule has 14 heavy (non-hydrogen) atoms. The minimum atomic E-state index is 0.394. The molecule has 1 heteroatoms. The molecule has 0 atom stereocenters. The van der Waals surface area contributed by atoms with Crippen molar-refractivity contribution in [2.75, 3.05) is 0 Å². The van der Waals surface area contributed by atoms with Crippen LogP contribution in [0.2, 0.25) is 0 Å². The molecule has 1 aromatic carbocycles. The van der Waals surface area contributed by atoms with E-state index in [0.717, 1.165) is 12.8 Å². The second kappa shape index (κ2) is 3.79. The maximum Gasteiger partial charge on any atom is 0.134 e. The van der Waals surface area contributed by atoms with Crippen LogP contribution in [0.5, 0.6) is 0 Å². The van der Waals surface area contributed by atoms with E-state index >= 15 is 0 Å². The van der Waals surface area contributed by atoms with Gasteiger partial charge in [0.15, 0.2) is 0 Å². The number of allylic oxidation sites excluding steroid dienone is 1. The first-order valence-electron chi connectivity index (χ1n) is 5.04. The van der Waals surface area contributed by atoms with Crippen LogP contribution in [0.25, 0.3) is 6.08 Å². The Morgan fingerprint density at radius 1 is 1.29 bits per heavy atom. The van der Waals surface area contributed by atoms with Crippen molar-refractivity contribution in [1.29, 1.82) is 0 Å². The van der Waals surface area contributed by atoms with Crippen molar-refractivity contribution >= 4 is 11.9 Å². The summed E-state index contributed by atoms with van der Waals surface area (Å²) in [4.78, 5) is 10.9. The zero-order valence-corrected chi connectivity index (χ0v) is 8.36. The number of benzene rings is 1. The summed E-state index contributed by atoms with van der Waals surface area (Å²) in [6, 6.07) is 8.33. The van der Waals surface area contributed by atoms with Gasteiger partial charge < -0.3 is 0 Å². The largest absolute Gasteiger partial charge is 0.300 e. The molecule has 0 aromatic heterocycles. The van der Waals surface area contributed by atoms with E-state index in [9.17, 15) is 4.79 Å². The Morgan fingerprint density at radius 3 is 2.64 bits per heavy atom. The number of hydrogen-bond donors (Lipinski definition) is 0. The van der Waals surface area contributed by atoms with Gasteiger partial charge in [0.2, 0.25) is 0 Å². The first-order valence-corrected chi connectivity index (χ1v) is 5.04. The maximum absolute atomic E-state index is 10.9. The van der Waals surface area contributed by atoms with Crippen LogP contribution in [-0.4, -0.2) is 5.78 Å². The minimum Gasteiger partial charge on any atom is -0.300 e. The van der Waals surface area contributed by atoms with Crippen molar-refractivity contribution in [2.45, 2.75) is 25.7 Å². The van der Waals surface area contributed by atoms with Gasteiger partial charge in [0.1, 0.15) is 5.78 Å². The summed E-state index contributed by atoms with van der Waals surface area (Å²) in [5, 5.41) is 0. The topological polar surface area (TPSA) is 17.1 Å². The van der Waals surface area contributed by atoms with Crippen molar-refractivity contribution in [3.63, 3.8) is 0 Å². The lowest BCUT2D eigenvalue weighted by molar-refractivity contribution is -0.124. The highest BCUT2D eigenvalue weighted by molar-refractivity contribution is 5.87. The quantitative estimate of drug-likeness (QED) is 0.693. The zero-order valence-electron chi connectivity index (χ0n) is 8.36. The van der Waals surface area contributed by atoms with Gasteiger partial charge in [-0.15, -0.1) is 0 Å². The number of ketones is 1. The Bertz CT molecular complexity index is 369. The molecule has 72 valence electrons. The molecule has 0 unspecified atom stereocenters. The van der Waals surface area contributed by atoms with Gasteiger partial charge in [-0.2, -0.15) is 0 Å². The molecule has 0 radical (unpaired) electrons. The zero-order chi connectivity index (χ0) is 9.97. The molecule has 2 rings (SSSR count). The lowest BCUT2D eigenvalue weighted by atomic mass is 9.77. The second-order valence-corrected chi connectivity index (χ2v) is 3.77. The predicted molar refractivity (Wildman–Crippen MR) is 58.1 cm³/mol.